The van der Waals surface area contributed by atoms with E-state index in [9.17, 15) is 4.39 Å². The van der Waals surface area contributed by atoms with Gasteiger partial charge in [0.05, 0.1) is 0 Å². The third-order valence-corrected chi connectivity index (χ3v) is 4.11. The topological polar surface area (TPSA) is 29.3 Å². The van der Waals surface area contributed by atoms with Crippen molar-refractivity contribution in [1.82, 2.24) is 4.90 Å². The van der Waals surface area contributed by atoms with E-state index in [0.29, 0.717) is 12.2 Å². The Kier molecular flexibility index (Phi) is 5.20. The highest BCUT2D eigenvalue weighted by atomic mass is 19.1. The number of nitrogens with zero attached hydrogens (tertiary/aromatic N) is 1. The van der Waals surface area contributed by atoms with Gasteiger partial charge in [0, 0.05) is 17.8 Å². The van der Waals surface area contributed by atoms with Crippen LogP contribution in [0, 0.1) is 11.7 Å². The second kappa shape index (κ2) is 6.90. The quantitative estimate of drug-likeness (QED) is 0.838. The number of nitrogen functional groups attached to an aromatic ring is 1. The zero-order valence-corrected chi connectivity index (χ0v) is 11.9. The zero-order valence-electron chi connectivity index (χ0n) is 11.9. The van der Waals surface area contributed by atoms with E-state index in [1.54, 1.807) is 6.07 Å². The lowest BCUT2D eigenvalue weighted by Crippen LogP contribution is -2.24. The normalized spacial score (nSPS) is 21.3. The summed E-state index contributed by atoms with van der Waals surface area (Å²) in [5.74, 6) is 0.695. The number of halogens is 1. The van der Waals surface area contributed by atoms with Crippen molar-refractivity contribution in [3.05, 3.63) is 29.6 Å². The van der Waals surface area contributed by atoms with E-state index in [1.807, 2.05) is 6.07 Å². The number of hydrogen-bond donors (Lipinski definition) is 1. The molecule has 0 radical (unpaired) electrons. The maximum Gasteiger partial charge on any atom is 0.129 e. The zero-order chi connectivity index (χ0) is 13.7. The van der Waals surface area contributed by atoms with Crippen LogP contribution >= 0.6 is 0 Å². The Balaban J connectivity index is 1.92. The highest BCUT2D eigenvalue weighted by molar-refractivity contribution is 5.40. The van der Waals surface area contributed by atoms with E-state index in [4.69, 9.17) is 5.73 Å². The molecule has 19 heavy (non-hydrogen) atoms. The van der Waals surface area contributed by atoms with Crippen molar-refractivity contribution in [1.29, 1.82) is 0 Å². The van der Waals surface area contributed by atoms with E-state index in [1.165, 1.54) is 38.2 Å². The Morgan fingerprint density at radius 2 is 2.16 bits per heavy atom. The maximum absolute atomic E-state index is 13.8. The van der Waals surface area contributed by atoms with E-state index in [0.717, 1.165) is 24.6 Å². The average Bonchev–Trinajstić information content (AvgIpc) is 2.59. The van der Waals surface area contributed by atoms with Crippen LogP contribution in [0.15, 0.2) is 18.2 Å². The van der Waals surface area contributed by atoms with E-state index in [-0.39, 0.29) is 5.82 Å². The first-order valence-electron chi connectivity index (χ1n) is 7.45. The van der Waals surface area contributed by atoms with Crippen molar-refractivity contribution < 1.29 is 4.39 Å². The molecule has 1 atom stereocenters. The van der Waals surface area contributed by atoms with Gasteiger partial charge in [-0.2, -0.15) is 0 Å². The molecule has 1 aromatic rings. The highest BCUT2D eigenvalue weighted by Gasteiger charge is 2.17. The molecule has 0 spiro atoms. The van der Waals surface area contributed by atoms with Crippen molar-refractivity contribution in [2.24, 2.45) is 5.92 Å². The summed E-state index contributed by atoms with van der Waals surface area (Å²) in [6, 6.07) is 5.03. The van der Waals surface area contributed by atoms with Gasteiger partial charge >= 0.3 is 0 Å². The molecule has 2 N–H and O–H groups in total. The highest BCUT2D eigenvalue weighted by Crippen LogP contribution is 2.23. The van der Waals surface area contributed by atoms with E-state index in [2.05, 4.69) is 11.8 Å². The predicted molar refractivity (Wildman–Crippen MR) is 78.3 cm³/mol. The summed E-state index contributed by atoms with van der Waals surface area (Å²) in [5, 5.41) is 0. The molecule has 0 amide bonds. The molecule has 106 valence electrons. The average molecular weight is 264 g/mol. The number of nitrogens with two attached hydrogens (primary N) is 1. The molecule has 2 nitrogen and oxygen atoms in total. The van der Waals surface area contributed by atoms with Gasteiger partial charge in [-0.3, -0.25) is 4.90 Å². The molecular formula is C16H25FN2. The van der Waals surface area contributed by atoms with Gasteiger partial charge in [-0.25, -0.2) is 4.39 Å². The lowest BCUT2D eigenvalue weighted by atomic mass is 9.96. The fourth-order valence-electron chi connectivity index (χ4n) is 3.01. The van der Waals surface area contributed by atoms with Crippen molar-refractivity contribution in [3.63, 3.8) is 0 Å². The largest absolute Gasteiger partial charge is 0.399 e. The lowest BCUT2D eigenvalue weighted by molar-refractivity contribution is 0.267. The third kappa shape index (κ3) is 4.20. The van der Waals surface area contributed by atoms with Gasteiger partial charge in [-0.1, -0.05) is 25.8 Å². The van der Waals surface area contributed by atoms with E-state index < -0.39 is 0 Å². The Labute approximate surface area is 115 Å². The number of anilines is 1. The molecule has 0 aliphatic carbocycles. The predicted octanol–water partition coefficient (Wildman–Crippen LogP) is 3.81. The van der Waals surface area contributed by atoms with Crippen molar-refractivity contribution in [3.8, 4) is 0 Å². The van der Waals surface area contributed by atoms with Gasteiger partial charge < -0.3 is 5.73 Å². The minimum Gasteiger partial charge on any atom is -0.399 e. The summed E-state index contributed by atoms with van der Waals surface area (Å²) in [6.07, 6.45) is 6.43. The fourth-order valence-corrected chi connectivity index (χ4v) is 3.01. The summed E-state index contributed by atoms with van der Waals surface area (Å²) in [5.41, 5.74) is 6.85. The molecule has 1 aliphatic rings. The monoisotopic (exact) mass is 264 g/mol. The first-order chi connectivity index (χ1) is 9.19. The first-order valence-corrected chi connectivity index (χ1v) is 7.45. The summed E-state index contributed by atoms with van der Waals surface area (Å²) in [4.78, 5) is 2.38. The third-order valence-electron chi connectivity index (χ3n) is 4.11. The molecule has 0 bridgehead atoms. The molecule has 1 fully saturated rings. The van der Waals surface area contributed by atoms with Gasteiger partial charge in [-0.15, -0.1) is 0 Å². The van der Waals surface area contributed by atoms with Crippen molar-refractivity contribution >= 4 is 5.69 Å². The summed E-state index contributed by atoms with van der Waals surface area (Å²) in [7, 11) is 0. The van der Waals surface area contributed by atoms with Crippen molar-refractivity contribution in [2.45, 2.75) is 45.6 Å². The Bertz CT molecular complexity index is 406. The van der Waals surface area contributed by atoms with Gasteiger partial charge in [-0.05, 0) is 50.4 Å². The first kappa shape index (κ1) is 14.3. The van der Waals surface area contributed by atoms with Crippen LogP contribution in [0.5, 0.6) is 0 Å². The van der Waals surface area contributed by atoms with Crippen LogP contribution in [0.4, 0.5) is 10.1 Å². The summed E-state index contributed by atoms with van der Waals surface area (Å²) in [6.45, 7) is 5.15. The van der Waals surface area contributed by atoms with E-state index >= 15 is 0 Å². The standard InChI is InChI=1S/C16H25FN2/c1-2-4-13-5-3-9-19(10-8-13)12-14-6-7-15(18)11-16(14)17/h6-7,11,13H,2-5,8-10,12,18H2,1H3. The summed E-state index contributed by atoms with van der Waals surface area (Å²) < 4.78 is 13.8. The van der Waals surface area contributed by atoms with Crippen LogP contribution in [-0.4, -0.2) is 18.0 Å². The Morgan fingerprint density at radius 3 is 2.89 bits per heavy atom. The molecule has 1 unspecified atom stereocenters. The number of rotatable bonds is 4. The molecule has 1 aromatic carbocycles. The number of hydrogen-bond acceptors (Lipinski definition) is 2. The van der Waals surface area contributed by atoms with Crippen LogP contribution < -0.4 is 5.73 Å². The molecule has 1 heterocycles. The molecule has 1 aliphatic heterocycles. The van der Waals surface area contributed by atoms with Gasteiger partial charge in [0.1, 0.15) is 5.82 Å². The lowest BCUT2D eigenvalue weighted by Gasteiger charge is -2.20. The molecular weight excluding hydrogens is 239 g/mol. The van der Waals surface area contributed by atoms with Crippen molar-refractivity contribution in [2.75, 3.05) is 18.8 Å². The van der Waals surface area contributed by atoms with Gasteiger partial charge in [0.15, 0.2) is 0 Å². The second-order valence-electron chi connectivity index (χ2n) is 5.71. The molecule has 1 saturated heterocycles. The summed E-state index contributed by atoms with van der Waals surface area (Å²) >= 11 is 0. The Morgan fingerprint density at radius 1 is 1.32 bits per heavy atom. The van der Waals surface area contributed by atoms with Crippen LogP contribution in [0.25, 0.3) is 0 Å². The molecule has 3 heteroatoms. The SMILES string of the molecule is CCCC1CCCN(Cc2ccc(N)cc2F)CC1. The maximum atomic E-state index is 13.8. The molecule has 0 saturated carbocycles. The minimum atomic E-state index is -0.172. The van der Waals surface area contributed by atoms with Crippen LogP contribution in [-0.2, 0) is 6.54 Å². The number of benzene rings is 1. The van der Waals surface area contributed by atoms with Crippen LogP contribution in [0.1, 0.15) is 44.6 Å². The fraction of sp³-hybridized carbons (Fsp3) is 0.625. The molecule has 0 aromatic heterocycles. The Hall–Kier alpha value is -1.09. The smallest absolute Gasteiger partial charge is 0.129 e. The molecule has 2 rings (SSSR count). The van der Waals surface area contributed by atoms with Crippen LogP contribution in [0.3, 0.4) is 0 Å². The van der Waals surface area contributed by atoms with Crippen LogP contribution in [0.2, 0.25) is 0 Å². The second-order valence-corrected chi connectivity index (χ2v) is 5.71. The van der Waals surface area contributed by atoms with Gasteiger partial charge in [0.25, 0.3) is 0 Å². The minimum absolute atomic E-state index is 0.172. The number of likely N-dealkylation sites (tertiary alicyclic amines) is 1. The van der Waals surface area contributed by atoms with Gasteiger partial charge in [0.2, 0.25) is 0 Å².